The molecule has 0 spiro atoms. The van der Waals surface area contributed by atoms with Crippen molar-refractivity contribution in [1.82, 2.24) is 19.7 Å². The number of amides is 1. The lowest BCUT2D eigenvalue weighted by atomic mass is 10.2. The topological polar surface area (TPSA) is 81.9 Å². The van der Waals surface area contributed by atoms with Crippen LogP contribution in [0.1, 0.15) is 26.2 Å². The molecule has 128 valence electrons. The minimum atomic E-state index is 0.0245. The second-order valence-corrected chi connectivity index (χ2v) is 5.48. The first kappa shape index (κ1) is 16.6. The number of anilines is 1. The van der Waals surface area contributed by atoms with E-state index in [0.717, 1.165) is 18.5 Å². The zero-order valence-corrected chi connectivity index (χ0v) is 13.9. The van der Waals surface area contributed by atoms with Crippen LogP contribution in [-0.4, -0.2) is 25.7 Å². The van der Waals surface area contributed by atoms with Gasteiger partial charge in [0.2, 0.25) is 11.8 Å². The van der Waals surface area contributed by atoms with Crippen molar-refractivity contribution in [3.8, 4) is 17.4 Å². The van der Waals surface area contributed by atoms with E-state index in [1.54, 1.807) is 59.7 Å². The summed E-state index contributed by atoms with van der Waals surface area (Å²) in [6.45, 7) is 2.06. The smallest absolute Gasteiger partial charge is 0.238 e. The van der Waals surface area contributed by atoms with E-state index in [-0.39, 0.29) is 5.91 Å². The maximum atomic E-state index is 11.7. The van der Waals surface area contributed by atoms with E-state index in [1.165, 1.54) is 0 Å². The lowest BCUT2D eigenvalue weighted by Crippen LogP contribution is -2.10. The van der Waals surface area contributed by atoms with Gasteiger partial charge in [0.15, 0.2) is 5.82 Å². The van der Waals surface area contributed by atoms with Crippen molar-refractivity contribution in [3.05, 3.63) is 55.1 Å². The highest BCUT2D eigenvalue weighted by atomic mass is 16.5. The summed E-state index contributed by atoms with van der Waals surface area (Å²) in [5, 5.41) is 11.0. The number of carbonyl (C=O) groups excluding carboxylic acids is 1. The fourth-order valence-electron chi connectivity index (χ4n) is 2.19. The second kappa shape index (κ2) is 8.05. The maximum Gasteiger partial charge on any atom is 0.238 e. The number of hydrogen-bond donors (Lipinski definition) is 1. The van der Waals surface area contributed by atoms with Gasteiger partial charge < -0.3 is 10.1 Å². The van der Waals surface area contributed by atoms with Crippen LogP contribution in [0, 0.1) is 0 Å². The highest BCUT2D eigenvalue weighted by Crippen LogP contribution is 2.21. The zero-order valence-electron chi connectivity index (χ0n) is 13.9. The second-order valence-electron chi connectivity index (χ2n) is 5.48. The molecule has 1 aromatic carbocycles. The molecule has 25 heavy (non-hydrogen) atoms. The molecule has 0 atom stereocenters. The highest BCUT2D eigenvalue weighted by Gasteiger charge is 2.04. The van der Waals surface area contributed by atoms with E-state index in [9.17, 15) is 4.79 Å². The van der Waals surface area contributed by atoms with Crippen molar-refractivity contribution in [3.63, 3.8) is 0 Å². The Labute approximate surface area is 145 Å². The van der Waals surface area contributed by atoms with E-state index in [0.29, 0.717) is 23.9 Å². The first-order valence-electron chi connectivity index (χ1n) is 8.14. The molecule has 0 saturated heterocycles. The fourth-order valence-corrected chi connectivity index (χ4v) is 2.19. The van der Waals surface area contributed by atoms with Crippen LogP contribution in [0.25, 0.3) is 5.82 Å². The fraction of sp³-hybridized carbons (Fsp3) is 0.222. The van der Waals surface area contributed by atoms with Crippen molar-refractivity contribution < 1.29 is 9.53 Å². The van der Waals surface area contributed by atoms with Crippen molar-refractivity contribution in [2.75, 3.05) is 5.32 Å². The molecule has 0 aliphatic heterocycles. The van der Waals surface area contributed by atoms with Crippen LogP contribution in [0.15, 0.2) is 55.1 Å². The standard InChI is InChI=1S/C18H19N5O2/c1-2-3-4-17(24)20-14-5-7-15(8-6-14)25-18-10-9-16(21-22-18)23-12-11-19-13-23/h5-13H,2-4H2,1H3,(H,20,24). The number of carbonyl (C=O) groups is 1. The lowest BCUT2D eigenvalue weighted by molar-refractivity contribution is -0.116. The summed E-state index contributed by atoms with van der Waals surface area (Å²) < 4.78 is 7.42. The van der Waals surface area contributed by atoms with Gasteiger partial charge in [0.05, 0.1) is 0 Å². The van der Waals surface area contributed by atoms with E-state index in [4.69, 9.17) is 4.74 Å². The van der Waals surface area contributed by atoms with E-state index >= 15 is 0 Å². The molecular weight excluding hydrogens is 318 g/mol. The Bertz CT molecular complexity index is 798. The summed E-state index contributed by atoms with van der Waals surface area (Å²) in [4.78, 5) is 15.7. The average molecular weight is 337 g/mol. The van der Waals surface area contributed by atoms with Gasteiger partial charge in [-0.25, -0.2) is 4.98 Å². The molecule has 7 nitrogen and oxygen atoms in total. The molecule has 0 unspecified atom stereocenters. The average Bonchev–Trinajstić information content (AvgIpc) is 3.17. The molecule has 3 rings (SSSR count). The van der Waals surface area contributed by atoms with Crippen LogP contribution < -0.4 is 10.1 Å². The van der Waals surface area contributed by atoms with Gasteiger partial charge in [-0.1, -0.05) is 13.3 Å². The SMILES string of the molecule is CCCCC(=O)Nc1ccc(Oc2ccc(-n3ccnc3)nn2)cc1. The number of rotatable bonds is 7. The van der Waals surface area contributed by atoms with Gasteiger partial charge in [0.25, 0.3) is 0 Å². The molecule has 0 aliphatic rings. The largest absolute Gasteiger partial charge is 0.438 e. The van der Waals surface area contributed by atoms with Crippen LogP contribution in [0.3, 0.4) is 0 Å². The predicted octanol–water partition coefficient (Wildman–Crippen LogP) is 3.58. The van der Waals surface area contributed by atoms with Gasteiger partial charge in [0.1, 0.15) is 12.1 Å². The lowest BCUT2D eigenvalue weighted by Gasteiger charge is -2.07. The maximum absolute atomic E-state index is 11.7. The van der Waals surface area contributed by atoms with Gasteiger partial charge in [-0.15, -0.1) is 10.2 Å². The van der Waals surface area contributed by atoms with E-state index in [1.807, 2.05) is 0 Å². The number of nitrogens with one attached hydrogen (secondary N) is 1. The zero-order chi connectivity index (χ0) is 17.5. The molecule has 2 aromatic heterocycles. The molecule has 0 bridgehead atoms. The highest BCUT2D eigenvalue weighted by molar-refractivity contribution is 5.90. The van der Waals surface area contributed by atoms with E-state index in [2.05, 4.69) is 27.4 Å². The molecule has 7 heteroatoms. The summed E-state index contributed by atoms with van der Waals surface area (Å²) in [7, 11) is 0. The molecule has 2 heterocycles. The molecule has 0 radical (unpaired) electrons. The van der Waals surface area contributed by atoms with Gasteiger partial charge >= 0.3 is 0 Å². The molecule has 1 N–H and O–H groups in total. The Hall–Kier alpha value is -3.22. The predicted molar refractivity (Wildman–Crippen MR) is 93.8 cm³/mol. The number of hydrogen-bond acceptors (Lipinski definition) is 5. The van der Waals surface area contributed by atoms with Crippen LogP contribution in [0.5, 0.6) is 11.6 Å². The third-order valence-corrected chi connectivity index (χ3v) is 3.51. The van der Waals surface area contributed by atoms with Crippen molar-refractivity contribution in [1.29, 1.82) is 0 Å². The molecule has 0 saturated carbocycles. The summed E-state index contributed by atoms with van der Waals surface area (Å²) in [6, 6.07) is 10.7. The normalized spacial score (nSPS) is 10.4. The Morgan fingerprint density at radius 1 is 1.16 bits per heavy atom. The number of unbranched alkanes of at least 4 members (excludes halogenated alkanes) is 1. The summed E-state index contributed by atoms with van der Waals surface area (Å²) in [5.74, 6) is 1.70. The van der Waals surface area contributed by atoms with Crippen LogP contribution in [0.4, 0.5) is 5.69 Å². The van der Waals surface area contributed by atoms with Crippen molar-refractivity contribution in [2.24, 2.45) is 0 Å². The number of ether oxygens (including phenoxy) is 1. The molecule has 0 aliphatic carbocycles. The number of imidazole rings is 1. The van der Waals surface area contributed by atoms with Gasteiger partial charge in [-0.05, 0) is 36.8 Å². The minimum Gasteiger partial charge on any atom is -0.438 e. The molecule has 1 amide bonds. The van der Waals surface area contributed by atoms with Crippen LogP contribution in [0.2, 0.25) is 0 Å². The molecular formula is C18H19N5O2. The first-order chi connectivity index (χ1) is 12.2. The quantitative estimate of drug-likeness (QED) is 0.712. The Morgan fingerprint density at radius 2 is 2.00 bits per heavy atom. The third-order valence-electron chi connectivity index (χ3n) is 3.51. The number of benzene rings is 1. The third kappa shape index (κ3) is 4.63. The van der Waals surface area contributed by atoms with Crippen LogP contribution >= 0.6 is 0 Å². The molecule has 0 fully saturated rings. The monoisotopic (exact) mass is 337 g/mol. The van der Waals surface area contributed by atoms with Gasteiger partial charge in [0, 0.05) is 30.6 Å². The van der Waals surface area contributed by atoms with Gasteiger partial charge in [-0.3, -0.25) is 9.36 Å². The Balaban J connectivity index is 1.58. The van der Waals surface area contributed by atoms with Crippen molar-refractivity contribution >= 4 is 11.6 Å². The van der Waals surface area contributed by atoms with E-state index < -0.39 is 0 Å². The Morgan fingerprint density at radius 3 is 2.64 bits per heavy atom. The van der Waals surface area contributed by atoms with Crippen molar-refractivity contribution in [2.45, 2.75) is 26.2 Å². The Kier molecular flexibility index (Phi) is 5.36. The summed E-state index contributed by atoms with van der Waals surface area (Å²) >= 11 is 0. The first-order valence-corrected chi connectivity index (χ1v) is 8.14. The minimum absolute atomic E-state index is 0.0245. The summed E-state index contributed by atoms with van der Waals surface area (Å²) in [6.07, 6.45) is 7.54. The number of aromatic nitrogens is 4. The summed E-state index contributed by atoms with van der Waals surface area (Å²) in [5.41, 5.74) is 0.745. The van der Waals surface area contributed by atoms with Crippen LogP contribution in [-0.2, 0) is 4.79 Å². The molecule has 3 aromatic rings. The van der Waals surface area contributed by atoms with Gasteiger partial charge in [-0.2, -0.15) is 0 Å². The number of nitrogens with zero attached hydrogens (tertiary/aromatic N) is 4.